The van der Waals surface area contributed by atoms with Crippen LogP contribution in [0.4, 0.5) is 0 Å². The first-order chi connectivity index (χ1) is 13.3. The minimum Gasteiger partial charge on any atom is -0.351 e. The van der Waals surface area contributed by atoms with E-state index in [9.17, 15) is 13.2 Å². The van der Waals surface area contributed by atoms with E-state index in [4.69, 9.17) is 23.1 Å². The fourth-order valence-electron chi connectivity index (χ4n) is 3.36. The summed E-state index contributed by atoms with van der Waals surface area (Å²) in [6, 6.07) is 8.38. The van der Waals surface area contributed by atoms with Gasteiger partial charge in [0, 0.05) is 19.1 Å². The van der Waals surface area contributed by atoms with Crippen LogP contribution in [0.5, 0.6) is 0 Å². The Balaban J connectivity index is 1.91. The number of benzene rings is 1. The number of amides is 1. The molecule has 0 aromatic heterocycles. The highest BCUT2D eigenvalue weighted by Crippen LogP contribution is 2.36. The second-order valence-corrected chi connectivity index (χ2v) is 8.27. The molecule has 6 atom stereocenters. The predicted molar refractivity (Wildman–Crippen MR) is 97.6 cm³/mol. The van der Waals surface area contributed by atoms with Crippen LogP contribution in [0.15, 0.2) is 30.3 Å². The van der Waals surface area contributed by atoms with Crippen molar-refractivity contribution in [2.75, 3.05) is 19.5 Å². The van der Waals surface area contributed by atoms with Crippen molar-refractivity contribution >= 4 is 16.0 Å². The van der Waals surface area contributed by atoms with Crippen molar-refractivity contribution in [3.63, 3.8) is 0 Å². The third kappa shape index (κ3) is 5.07. The smallest absolute Gasteiger partial charge is 0.264 e. The SMILES string of the molecule is CCOC1OC2COC(c3ccccc3)OC2C(OS(C)(=O)=O)C1NC(C)=O. The molecule has 0 aliphatic carbocycles. The Labute approximate surface area is 164 Å². The third-order valence-corrected chi connectivity index (χ3v) is 4.97. The molecule has 0 radical (unpaired) electrons. The molecule has 1 amide bonds. The second kappa shape index (κ2) is 8.85. The van der Waals surface area contributed by atoms with Gasteiger partial charge in [-0.1, -0.05) is 30.3 Å². The maximum absolute atomic E-state index is 11.9. The van der Waals surface area contributed by atoms with Crippen LogP contribution >= 0.6 is 0 Å². The van der Waals surface area contributed by atoms with Gasteiger partial charge >= 0.3 is 0 Å². The van der Waals surface area contributed by atoms with Crippen molar-refractivity contribution in [2.45, 2.75) is 50.8 Å². The van der Waals surface area contributed by atoms with Gasteiger partial charge < -0.3 is 24.3 Å². The van der Waals surface area contributed by atoms with Crippen LogP contribution in [0.2, 0.25) is 0 Å². The van der Waals surface area contributed by atoms with Crippen LogP contribution < -0.4 is 5.32 Å². The monoisotopic (exact) mass is 415 g/mol. The molecule has 3 rings (SSSR count). The van der Waals surface area contributed by atoms with E-state index in [0.717, 1.165) is 11.8 Å². The van der Waals surface area contributed by atoms with Gasteiger partial charge in [-0.25, -0.2) is 0 Å². The van der Waals surface area contributed by atoms with Gasteiger partial charge in [-0.15, -0.1) is 0 Å². The molecule has 0 saturated carbocycles. The van der Waals surface area contributed by atoms with Crippen LogP contribution in [-0.4, -0.2) is 64.4 Å². The van der Waals surface area contributed by atoms with E-state index in [1.165, 1.54) is 6.92 Å². The van der Waals surface area contributed by atoms with Crippen molar-refractivity contribution in [1.82, 2.24) is 5.32 Å². The van der Waals surface area contributed by atoms with Crippen LogP contribution in [-0.2, 0) is 38.0 Å². The highest BCUT2D eigenvalue weighted by atomic mass is 32.2. The lowest BCUT2D eigenvalue weighted by Crippen LogP contribution is -2.67. The van der Waals surface area contributed by atoms with Gasteiger partial charge in [0.2, 0.25) is 5.91 Å². The molecule has 1 N–H and O–H groups in total. The predicted octanol–water partition coefficient (Wildman–Crippen LogP) is 0.711. The maximum atomic E-state index is 11.9. The van der Waals surface area contributed by atoms with E-state index in [0.29, 0.717) is 6.61 Å². The van der Waals surface area contributed by atoms with Gasteiger partial charge in [-0.3, -0.25) is 8.98 Å². The van der Waals surface area contributed by atoms with Crippen molar-refractivity contribution < 1.29 is 36.3 Å². The van der Waals surface area contributed by atoms with E-state index in [2.05, 4.69) is 5.32 Å². The second-order valence-electron chi connectivity index (χ2n) is 6.67. The molecule has 2 aliphatic rings. The quantitative estimate of drug-likeness (QED) is 0.677. The number of nitrogens with one attached hydrogen (secondary N) is 1. The first-order valence-electron chi connectivity index (χ1n) is 9.03. The average molecular weight is 415 g/mol. The van der Waals surface area contributed by atoms with Crippen molar-refractivity contribution in [3.05, 3.63) is 35.9 Å². The lowest BCUT2D eigenvalue weighted by atomic mass is 9.95. The number of rotatable bonds is 6. The average Bonchev–Trinajstić information content (AvgIpc) is 2.64. The lowest BCUT2D eigenvalue weighted by molar-refractivity contribution is -0.340. The molecule has 28 heavy (non-hydrogen) atoms. The lowest BCUT2D eigenvalue weighted by Gasteiger charge is -2.48. The van der Waals surface area contributed by atoms with E-state index in [1.54, 1.807) is 6.92 Å². The normalized spacial score (nSPS) is 33.1. The summed E-state index contributed by atoms with van der Waals surface area (Å²) in [6.45, 7) is 3.55. The Morgan fingerprint density at radius 2 is 1.96 bits per heavy atom. The molecule has 10 heteroatoms. The summed E-state index contributed by atoms with van der Waals surface area (Å²) in [4.78, 5) is 11.7. The van der Waals surface area contributed by atoms with Gasteiger partial charge in [0.15, 0.2) is 12.6 Å². The number of hydrogen-bond donors (Lipinski definition) is 1. The third-order valence-electron chi connectivity index (χ3n) is 4.40. The fourth-order valence-corrected chi connectivity index (χ4v) is 3.99. The molecule has 2 fully saturated rings. The van der Waals surface area contributed by atoms with Crippen molar-refractivity contribution in [2.24, 2.45) is 0 Å². The van der Waals surface area contributed by atoms with Gasteiger partial charge in [0.1, 0.15) is 24.4 Å². The molecule has 6 unspecified atom stereocenters. The summed E-state index contributed by atoms with van der Waals surface area (Å²) in [5, 5.41) is 2.68. The van der Waals surface area contributed by atoms with Gasteiger partial charge in [-0.2, -0.15) is 8.42 Å². The zero-order chi connectivity index (χ0) is 20.3. The Morgan fingerprint density at radius 3 is 2.57 bits per heavy atom. The zero-order valence-electron chi connectivity index (χ0n) is 15.9. The Bertz CT molecular complexity index is 771. The highest BCUT2D eigenvalue weighted by Gasteiger charge is 2.52. The molecule has 2 heterocycles. The zero-order valence-corrected chi connectivity index (χ0v) is 16.8. The molecule has 1 aromatic carbocycles. The molecule has 2 aliphatic heterocycles. The molecule has 1 aromatic rings. The first-order valence-corrected chi connectivity index (χ1v) is 10.8. The number of hydrogen-bond acceptors (Lipinski definition) is 8. The number of carbonyl (C=O) groups is 1. The Kier molecular flexibility index (Phi) is 6.69. The largest absolute Gasteiger partial charge is 0.351 e. The molecular formula is C18H25NO8S. The summed E-state index contributed by atoms with van der Waals surface area (Å²) < 4.78 is 52.5. The summed E-state index contributed by atoms with van der Waals surface area (Å²) in [6.07, 6.45) is -3.10. The summed E-state index contributed by atoms with van der Waals surface area (Å²) in [7, 11) is -3.85. The topological polar surface area (TPSA) is 109 Å². The first kappa shape index (κ1) is 21.2. The van der Waals surface area contributed by atoms with E-state index in [1.807, 2.05) is 30.3 Å². The molecular weight excluding hydrogens is 390 g/mol. The molecule has 0 spiro atoms. The minimum absolute atomic E-state index is 0.157. The van der Waals surface area contributed by atoms with Crippen molar-refractivity contribution in [1.29, 1.82) is 0 Å². The van der Waals surface area contributed by atoms with Crippen LogP contribution in [0.25, 0.3) is 0 Å². The van der Waals surface area contributed by atoms with E-state index >= 15 is 0 Å². The number of fused-ring (bicyclic) bond motifs is 1. The summed E-state index contributed by atoms with van der Waals surface area (Å²) in [5.41, 5.74) is 0.780. The molecule has 156 valence electrons. The van der Waals surface area contributed by atoms with Gasteiger partial charge in [-0.05, 0) is 6.92 Å². The standard InChI is InChI=1S/C18H25NO8S/c1-4-23-18-14(19-11(2)20)16(27-28(3,21)22)15-13(25-18)10-24-17(26-15)12-8-6-5-7-9-12/h5-9,13-18H,4,10H2,1-3H3,(H,19,20). The fraction of sp³-hybridized carbons (Fsp3) is 0.611. The maximum Gasteiger partial charge on any atom is 0.264 e. The molecule has 9 nitrogen and oxygen atoms in total. The Hall–Kier alpha value is -1.56. The van der Waals surface area contributed by atoms with Gasteiger partial charge in [0.05, 0.1) is 12.9 Å². The number of carbonyl (C=O) groups excluding carboxylic acids is 1. The molecule has 0 bridgehead atoms. The van der Waals surface area contributed by atoms with E-state index in [-0.39, 0.29) is 12.5 Å². The summed E-state index contributed by atoms with van der Waals surface area (Å²) in [5.74, 6) is -0.370. The van der Waals surface area contributed by atoms with Crippen LogP contribution in [0.3, 0.4) is 0 Å². The van der Waals surface area contributed by atoms with E-state index < -0.39 is 47.1 Å². The van der Waals surface area contributed by atoms with Gasteiger partial charge in [0.25, 0.3) is 10.1 Å². The molecule has 2 saturated heterocycles. The minimum atomic E-state index is -3.85. The van der Waals surface area contributed by atoms with Crippen LogP contribution in [0.1, 0.15) is 25.7 Å². The van der Waals surface area contributed by atoms with Crippen molar-refractivity contribution in [3.8, 4) is 0 Å². The Morgan fingerprint density at radius 1 is 1.25 bits per heavy atom. The highest BCUT2D eigenvalue weighted by molar-refractivity contribution is 7.86. The van der Waals surface area contributed by atoms with Crippen LogP contribution in [0, 0.1) is 0 Å². The summed E-state index contributed by atoms with van der Waals surface area (Å²) >= 11 is 0. The number of ether oxygens (including phenoxy) is 4.